The van der Waals surface area contributed by atoms with E-state index >= 15 is 0 Å². The monoisotopic (exact) mass is 345 g/mol. The molecule has 0 aromatic heterocycles. The van der Waals surface area contributed by atoms with Crippen LogP contribution in [-0.4, -0.2) is 42.9 Å². The van der Waals surface area contributed by atoms with Crippen molar-refractivity contribution in [3.05, 3.63) is 24.3 Å². The number of benzene rings is 1. The molecule has 0 spiro atoms. The zero-order valence-corrected chi connectivity index (χ0v) is 16.1. The summed E-state index contributed by atoms with van der Waals surface area (Å²) in [7, 11) is 0. The van der Waals surface area contributed by atoms with Gasteiger partial charge in [0.15, 0.2) is 0 Å². The first kappa shape index (κ1) is 19.3. The molecule has 1 N–H and O–H groups in total. The predicted molar refractivity (Wildman–Crippen MR) is 103 cm³/mol. The Morgan fingerprint density at radius 2 is 1.60 bits per heavy atom. The average Bonchev–Trinajstić information content (AvgIpc) is 2.53. The van der Waals surface area contributed by atoms with Gasteiger partial charge in [0.25, 0.3) is 0 Å². The SMILES string of the molecule is CC(C)C(=O)N1CCN(c2ccc(NC(=O)CC(C)(C)C)cc2)CC1. The van der Waals surface area contributed by atoms with Crippen molar-refractivity contribution in [3.63, 3.8) is 0 Å². The maximum absolute atomic E-state index is 12.1. The van der Waals surface area contributed by atoms with E-state index in [1.807, 2.05) is 43.0 Å². The Kier molecular flexibility index (Phi) is 6.09. The number of rotatable bonds is 4. The molecular weight excluding hydrogens is 314 g/mol. The Morgan fingerprint density at radius 3 is 2.08 bits per heavy atom. The van der Waals surface area contributed by atoms with Gasteiger partial charge in [-0.05, 0) is 29.7 Å². The molecule has 138 valence electrons. The van der Waals surface area contributed by atoms with Crippen LogP contribution in [0.4, 0.5) is 11.4 Å². The quantitative estimate of drug-likeness (QED) is 0.910. The third kappa shape index (κ3) is 5.76. The maximum atomic E-state index is 12.1. The van der Waals surface area contributed by atoms with Gasteiger partial charge in [-0.3, -0.25) is 9.59 Å². The van der Waals surface area contributed by atoms with Crippen LogP contribution in [0.3, 0.4) is 0 Å². The highest BCUT2D eigenvalue weighted by molar-refractivity contribution is 5.91. The minimum absolute atomic E-state index is 0.0167. The number of nitrogens with one attached hydrogen (secondary N) is 1. The highest BCUT2D eigenvalue weighted by Gasteiger charge is 2.23. The molecule has 1 aliphatic heterocycles. The summed E-state index contributed by atoms with van der Waals surface area (Å²) in [6.07, 6.45) is 0.501. The number of anilines is 2. The summed E-state index contributed by atoms with van der Waals surface area (Å²) in [4.78, 5) is 28.3. The Morgan fingerprint density at radius 1 is 1.04 bits per heavy atom. The van der Waals surface area contributed by atoms with Gasteiger partial charge in [-0.2, -0.15) is 0 Å². The number of hydrogen-bond donors (Lipinski definition) is 1. The molecule has 1 aliphatic rings. The third-order valence-corrected chi connectivity index (χ3v) is 4.29. The van der Waals surface area contributed by atoms with E-state index in [4.69, 9.17) is 0 Å². The summed E-state index contributed by atoms with van der Waals surface area (Å²) >= 11 is 0. The molecule has 1 aromatic rings. The van der Waals surface area contributed by atoms with Gasteiger partial charge in [0.05, 0.1) is 0 Å². The zero-order valence-electron chi connectivity index (χ0n) is 16.1. The van der Waals surface area contributed by atoms with E-state index in [1.54, 1.807) is 0 Å². The highest BCUT2D eigenvalue weighted by Crippen LogP contribution is 2.22. The number of hydrogen-bond acceptors (Lipinski definition) is 3. The lowest BCUT2D eigenvalue weighted by Crippen LogP contribution is -2.49. The van der Waals surface area contributed by atoms with E-state index in [9.17, 15) is 9.59 Å². The van der Waals surface area contributed by atoms with Crippen LogP contribution < -0.4 is 10.2 Å². The number of carbonyl (C=O) groups is 2. The fourth-order valence-corrected chi connectivity index (χ4v) is 2.99. The van der Waals surface area contributed by atoms with Gasteiger partial charge in [-0.15, -0.1) is 0 Å². The van der Waals surface area contributed by atoms with Crippen LogP contribution in [0.15, 0.2) is 24.3 Å². The second-order valence-corrected chi connectivity index (χ2v) is 8.30. The molecule has 25 heavy (non-hydrogen) atoms. The first-order chi connectivity index (χ1) is 11.7. The first-order valence-corrected chi connectivity index (χ1v) is 9.09. The molecule has 0 radical (unpaired) electrons. The molecular formula is C20H31N3O2. The lowest BCUT2D eigenvalue weighted by Gasteiger charge is -2.37. The number of piperazine rings is 1. The van der Waals surface area contributed by atoms with E-state index in [0.29, 0.717) is 6.42 Å². The van der Waals surface area contributed by atoms with Crippen molar-refractivity contribution >= 4 is 23.2 Å². The summed E-state index contributed by atoms with van der Waals surface area (Å²) in [5, 5.41) is 2.95. The Labute approximate surface area is 151 Å². The van der Waals surface area contributed by atoms with Gasteiger partial charge < -0.3 is 15.1 Å². The predicted octanol–water partition coefficient (Wildman–Crippen LogP) is 3.37. The molecule has 0 aliphatic carbocycles. The summed E-state index contributed by atoms with van der Waals surface area (Å²) in [6.45, 7) is 13.3. The normalized spacial score (nSPS) is 15.4. The number of nitrogens with zero attached hydrogens (tertiary/aromatic N) is 2. The van der Waals surface area contributed by atoms with Crippen molar-refractivity contribution < 1.29 is 9.59 Å². The highest BCUT2D eigenvalue weighted by atomic mass is 16.2. The van der Waals surface area contributed by atoms with Crippen molar-refractivity contribution in [2.45, 2.75) is 41.0 Å². The largest absolute Gasteiger partial charge is 0.368 e. The summed E-state index contributed by atoms with van der Waals surface area (Å²) < 4.78 is 0. The minimum Gasteiger partial charge on any atom is -0.368 e. The van der Waals surface area contributed by atoms with Gasteiger partial charge in [0.1, 0.15) is 0 Å². The van der Waals surface area contributed by atoms with Gasteiger partial charge in [0, 0.05) is 49.9 Å². The van der Waals surface area contributed by atoms with Crippen molar-refractivity contribution in [1.82, 2.24) is 4.90 Å². The summed E-state index contributed by atoms with van der Waals surface area (Å²) in [5.74, 6) is 0.333. The molecule has 1 aromatic carbocycles. The number of carbonyl (C=O) groups excluding carboxylic acids is 2. The van der Waals surface area contributed by atoms with E-state index in [0.717, 1.165) is 37.6 Å². The molecule has 1 fully saturated rings. The van der Waals surface area contributed by atoms with Crippen LogP contribution in [0.1, 0.15) is 41.0 Å². The van der Waals surface area contributed by atoms with Gasteiger partial charge in [-0.1, -0.05) is 34.6 Å². The van der Waals surface area contributed by atoms with Crippen LogP contribution >= 0.6 is 0 Å². The van der Waals surface area contributed by atoms with E-state index in [-0.39, 0.29) is 23.1 Å². The Hall–Kier alpha value is -2.04. The second-order valence-electron chi connectivity index (χ2n) is 8.30. The zero-order chi connectivity index (χ0) is 18.6. The first-order valence-electron chi connectivity index (χ1n) is 9.09. The standard InChI is InChI=1S/C20H31N3O2/c1-15(2)19(25)23-12-10-22(11-13-23)17-8-6-16(7-9-17)21-18(24)14-20(3,4)5/h6-9,15H,10-14H2,1-5H3,(H,21,24). The Balaban J connectivity index is 1.89. The molecule has 5 heteroatoms. The average molecular weight is 345 g/mol. The van der Waals surface area contributed by atoms with Crippen LogP contribution in [0.5, 0.6) is 0 Å². The van der Waals surface area contributed by atoms with Crippen LogP contribution in [0, 0.1) is 11.3 Å². The molecule has 2 amide bonds. The van der Waals surface area contributed by atoms with Gasteiger partial charge in [-0.25, -0.2) is 0 Å². The minimum atomic E-state index is -0.0167. The molecule has 1 heterocycles. The topological polar surface area (TPSA) is 52.7 Å². The smallest absolute Gasteiger partial charge is 0.225 e. The van der Waals surface area contributed by atoms with Crippen molar-refractivity contribution in [3.8, 4) is 0 Å². The van der Waals surface area contributed by atoms with Crippen LogP contribution in [0.2, 0.25) is 0 Å². The van der Waals surface area contributed by atoms with Crippen LogP contribution in [0.25, 0.3) is 0 Å². The van der Waals surface area contributed by atoms with E-state index in [1.165, 1.54) is 0 Å². The van der Waals surface area contributed by atoms with Gasteiger partial charge >= 0.3 is 0 Å². The fraction of sp³-hybridized carbons (Fsp3) is 0.600. The third-order valence-electron chi connectivity index (χ3n) is 4.29. The van der Waals surface area contributed by atoms with Crippen molar-refractivity contribution in [2.75, 3.05) is 36.4 Å². The van der Waals surface area contributed by atoms with Crippen LogP contribution in [-0.2, 0) is 9.59 Å². The number of amides is 2. The summed E-state index contributed by atoms with van der Waals surface area (Å²) in [5.41, 5.74) is 1.94. The fourth-order valence-electron chi connectivity index (χ4n) is 2.99. The lowest BCUT2D eigenvalue weighted by molar-refractivity contribution is -0.134. The van der Waals surface area contributed by atoms with Gasteiger partial charge in [0.2, 0.25) is 11.8 Å². The molecule has 0 unspecified atom stereocenters. The lowest BCUT2D eigenvalue weighted by atomic mass is 9.92. The van der Waals surface area contributed by atoms with Crippen molar-refractivity contribution in [2.24, 2.45) is 11.3 Å². The molecule has 5 nitrogen and oxygen atoms in total. The maximum Gasteiger partial charge on any atom is 0.225 e. The summed E-state index contributed by atoms with van der Waals surface area (Å²) in [6, 6.07) is 7.96. The molecule has 2 rings (SSSR count). The molecule has 0 saturated carbocycles. The molecule has 0 atom stereocenters. The van der Waals surface area contributed by atoms with E-state index in [2.05, 4.69) is 31.0 Å². The second kappa shape index (κ2) is 7.89. The molecule has 1 saturated heterocycles. The Bertz CT molecular complexity index is 594. The van der Waals surface area contributed by atoms with Crippen molar-refractivity contribution in [1.29, 1.82) is 0 Å². The van der Waals surface area contributed by atoms with E-state index < -0.39 is 0 Å². The molecule has 0 bridgehead atoms.